The molecule has 1 aliphatic rings. The molecule has 2 rings (SSSR count). The molecule has 1 aromatic rings. The number of hydrogen-bond acceptors (Lipinski definition) is 3. The summed E-state index contributed by atoms with van der Waals surface area (Å²) in [6, 6.07) is 8.77. The summed E-state index contributed by atoms with van der Waals surface area (Å²) in [5.41, 5.74) is 8.86. The van der Waals surface area contributed by atoms with Gasteiger partial charge in [-0.05, 0) is 51.6 Å². The Morgan fingerprint density at radius 3 is 2.44 bits per heavy atom. The zero-order chi connectivity index (χ0) is 13.2. The Morgan fingerprint density at radius 1 is 1.28 bits per heavy atom. The number of hydrogen-bond donors (Lipinski definition) is 1. The summed E-state index contributed by atoms with van der Waals surface area (Å²) >= 11 is 0. The Kier molecular flexibility index (Phi) is 3.93. The van der Waals surface area contributed by atoms with Gasteiger partial charge in [-0.25, -0.2) is 0 Å². The maximum absolute atomic E-state index is 5.99. The summed E-state index contributed by atoms with van der Waals surface area (Å²) in [5.74, 6) is 0. The van der Waals surface area contributed by atoms with Gasteiger partial charge in [0.15, 0.2) is 0 Å². The predicted octanol–water partition coefficient (Wildman–Crippen LogP) is 1.85. The second-order valence-corrected chi connectivity index (χ2v) is 5.65. The molecule has 0 amide bonds. The van der Waals surface area contributed by atoms with Gasteiger partial charge in [0.1, 0.15) is 0 Å². The van der Waals surface area contributed by atoms with Crippen molar-refractivity contribution in [2.45, 2.75) is 25.3 Å². The lowest BCUT2D eigenvalue weighted by molar-refractivity contribution is 0.125. The van der Waals surface area contributed by atoms with Crippen LogP contribution in [0.2, 0.25) is 0 Å². The fourth-order valence-electron chi connectivity index (χ4n) is 2.84. The van der Waals surface area contributed by atoms with Crippen LogP contribution in [0.4, 0.5) is 5.69 Å². The first-order valence-corrected chi connectivity index (χ1v) is 6.76. The van der Waals surface area contributed by atoms with Crippen LogP contribution in [0.1, 0.15) is 18.4 Å². The minimum absolute atomic E-state index is 0.195. The molecule has 3 nitrogen and oxygen atoms in total. The molecule has 100 valence electrons. The maximum atomic E-state index is 5.99. The molecule has 1 saturated heterocycles. The lowest BCUT2D eigenvalue weighted by Gasteiger charge is -2.46. The SMILES string of the molecule is Cc1cccc(N2CCC(CN)(N(C)C)CC2)c1. The van der Waals surface area contributed by atoms with Crippen molar-refractivity contribution in [3.05, 3.63) is 29.8 Å². The Labute approximate surface area is 111 Å². The van der Waals surface area contributed by atoms with Crippen molar-refractivity contribution >= 4 is 5.69 Å². The van der Waals surface area contributed by atoms with Crippen LogP contribution in [0, 0.1) is 6.92 Å². The number of nitrogens with zero attached hydrogens (tertiary/aromatic N) is 2. The molecular formula is C15H25N3. The molecule has 0 atom stereocenters. The molecule has 0 spiro atoms. The third kappa shape index (κ3) is 2.52. The minimum atomic E-state index is 0.195. The van der Waals surface area contributed by atoms with Crippen molar-refractivity contribution < 1.29 is 0 Å². The Bertz CT molecular complexity index is 392. The second kappa shape index (κ2) is 5.29. The van der Waals surface area contributed by atoms with E-state index in [1.165, 1.54) is 11.3 Å². The van der Waals surface area contributed by atoms with Gasteiger partial charge in [0.2, 0.25) is 0 Å². The van der Waals surface area contributed by atoms with Gasteiger partial charge in [-0.3, -0.25) is 0 Å². The molecule has 0 unspecified atom stereocenters. The summed E-state index contributed by atoms with van der Waals surface area (Å²) in [6.45, 7) is 5.09. The topological polar surface area (TPSA) is 32.5 Å². The van der Waals surface area contributed by atoms with Gasteiger partial charge in [-0.1, -0.05) is 12.1 Å². The fourth-order valence-corrected chi connectivity index (χ4v) is 2.84. The van der Waals surface area contributed by atoms with Crippen LogP contribution in [0.3, 0.4) is 0 Å². The van der Waals surface area contributed by atoms with Crippen molar-refractivity contribution in [3.8, 4) is 0 Å². The van der Waals surface area contributed by atoms with E-state index in [-0.39, 0.29) is 5.54 Å². The van der Waals surface area contributed by atoms with E-state index >= 15 is 0 Å². The quantitative estimate of drug-likeness (QED) is 0.885. The van der Waals surface area contributed by atoms with Crippen molar-refractivity contribution in [1.29, 1.82) is 0 Å². The zero-order valence-corrected chi connectivity index (χ0v) is 11.8. The summed E-state index contributed by atoms with van der Waals surface area (Å²) in [6.07, 6.45) is 2.29. The van der Waals surface area contributed by atoms with E-state index in [0.717, 1.165) is 32.5 Å². The first-order valence-electron chi connectivity index (χ1n) is 6.76. The number of piperidine rings is 1. The monoisotopic (exact) mass is 247 g/mol. The number of nitrogens with two attached hydrogens (primary N) is 1. The van der Waals surface area contributed by atoms with Gasteiger partial charge in [0.05, 0.1) is 0 Å². The number of rotatable bonds is 3. The lowest BCUT2D eigenvalue weighted by atomic mass is 9.86. The van der Waals surface area contributed by atoms with Crippen molar-refractivity contribution in [3.63, 3.8) is 0 Å². The molecule has 0 aliphatic carbocycles. The summed E-state index contributed by atoms with van der Waals surface area (Å²) < 4.78 is 0. The van der Waals surface area contributed by atoms with E-state index in [4.69, 9.17) is 5.73 Å². The van der Waals surface area contributed by atoms with Gasteiger partial charge >= 0.3 is 0 Å². The van der Waals surface area contributed by atoms with E-state index in [0.29, 0.717) is 0 Å². The van der Waals surface area contributed by atoms with Crippen LogP contribution in [-0.4, -0.2) is 44.2 Å². The molecule has 18 heavy (non-hydrogen) atoms. The highest BCUT2D eigenvalue weighted by atomic mass is 15.2. The Balaban J connectivity index is 2.06. The third-order valence-corrected chi connectivity index (χ3v) is 4.39. The summed E-state index contributed by atoms with van der Waals surface area (Å²) in [5, 5.41) is 0. The van der Waals surface area contributed by atoms with E-state index < -0.39 is 0 Å². The number of likely N-dealkylation sites (N-methyl/N-ethyl adjacent to an activating group) is 1. The smallest absolute Gasteiger partial charge is 0.0368 e. The van der Waals surface area contributed by atoms with Crippen LogP contribution in [-0.2, 0) is 0 Å². The third-order valence-electron chi connectivity index (χ3n) is 4.39. The van der Waals surface area contributed by atoms with E-state index in [1.807, 2.05) is 0 Å². The van der Waals surface area contributed by atoms with Gasteiger partial charge in [0, 0.05) is 30.9 Å². The second-order valence-electron chi connectivity index (χ2n) is 5.65. The molecule has 0 radical (unpaired) electrons. The largest absolute Gasteiger partial charge is 0.371 e. The number of benzene rings is 1. The van der Waals surface area contributed by atoms with E-state index in [9.17, 15) is 0 Å². The van der Waals surface area contributed by atoms with Crippen LogP contribution in [0.25, 0.3) is 0 Å². The van der Waals surface area contributed by atoms with Crippen LogP contribution >= 0.6 is 0 Å². The van der Waals surface area contributed by atoms with Gasteiger partial charge in [-0.15, -0.1) is 0 Å². The van der Waals surface area contributed by atoms with E-state index in [2.05, 4.69) is 55.1 Å². The standard InChI is InChI=1S/C15H25N3/c1-13-5-4-6-14(11-13)18-9-7-15(12-16,8-10-18)17(2)3/h4-6,11H,7-10,12,16H2,1-3H3. The molecule has 1 heterocycles. The molecule has 2 N–H and O–H groups in total. The maximum Gasteiger partial charge on any atom is 0.0368 e. The van der Waals surface area contributed by atoms with Crippen molar-refractivity contribution in [2.24, 2.45) is 5.73 Å². The highest BCUT2D eigenvalue weighted by Crippen LogP contribution is 2.29. The van der Waals surface area contributed by atoms with Crippen LogP contribution in [0.5, 0.6) is 0 Å². The average molecular weight is 247 g/mol. The molecule has 3 heteroatoms. The van der Waals surface area contributed by atoms with Crippen molar-refractivity contribution in [1.82, 2.24) is 4.90 Å². The fraction of sp³-hybridized carbons (Fsp3) is 0.600. The molecular weight excluding hydrogens is 222 g/mol. The normalized spacial score (nSPS) is 19.3. The molecule has 0 saturated carbocycles. The van der Waals surface area contributed by atoms with Gasteiger partial charge in [0.25, 0.3) is 0 Å². The van der Waals surface area contributed by atoms with Gasteiger partial charge in [-0.2, -0.15) is 0 Å². The zero-order valence-electron chi connectivity index (χ0n) is 11.8. The van der Waals surface area contributed by atoms with Crippen LogP contribution < -0.4 is 10.6 Å². The summed E-state index contributed by atoms with van der Waals surface area (Å²) in [7, 11) is 4.30. The molecule has 1 aliphatic heterocycles. The molecule has 0 aromatic heterocycles. The highest BCUT2D eigenvalue weighted by molar-refractivity contribution is 5.49. The highest BCUT2D eigenvalue weighted by Gasteiger charge is 2.35. The Hall–Kier alpha value is -1.06. The average Bonchev–Trinajstić information content (AvgIpc) is 2.38. The Morgan fingerprint density at radius 2 is 1.94 bits per heavy atom. The molecule has 1 fully saturated rings. The minimum Gasteiger partial charge on any atom is -0.371 e. The first-order chi connectivity index (χ1) is 8.57. The number of anilines is 1. The summed E-state index contributed by atoms with van der Waals surface area (Å²) in [4.78, 5) is 4.78. The molecule has 1 aromatic carbocycles. The molecule has 0 bridgehead atoms. The van der Waals surface area contributed by atoms with Gasteiger partial charge < -0.3 is 15.5 Å². The van der Waals surface area contributed by atoms with E-state index in [1.54, 1.807) is 0 Å². The van der Waals surface area contributed by atoms with Crippen molar-refractivity contribution in [2.75, 3.05) is 38.6 Å². The van der Waals surface area contributed by atoms with Crippen LogP contribution in [0.15, 0.2) is 24.3 Å². The number of aryl methyl sites for hydroxylation is 1. The lowest BCUT2D eigenvalue weighted by Crippen LogP contribution is -2.57. The first kappa shape index (κ1) is 13.4. The predicted molar refractivity (Wildman–Crippen MR) is 78.1 cm³/mol.